The number of benzene rings is 1. The Balaban J connectivity index is 1.88. The van der Waals surface area contributed by atoms with E-state index in [0.29, 0.717) is 38.5 Å². The molecule has 1 fully saturated rings. The summed E-state index contributed by atoms with van der Waals surface area (Å²) in [6.45, 7) is 4.27. The molecule has 0 aromatic heterocycles. The molecule has 0 saturated carbocycles. The van der Waals surface area contributed by atoms with Crippen molar-refractivity contribution < 1.29 is 19.1 Å². The standard InChI is InChI=1S/C14H18N2O4/c1-11-8-12(2-3-13(11)15-10-17)20-9-14(18)16-4-6-19-7-5-16/h2-3,8,10H,4-7,9H2,1H3,(H,15,17). The average molecular weight is 278 g/mol. The molecular weight excluding hydrogens is 260 g/mol. The molecule has 108 valence electrons. The van der Waals surface area contributed by atoms with Gasteiger partial charge in [0, 0.05) is 18.8 Å². The van der Waals surface area contributed by atoms with Crippen molar-refractivity contribution >= 4 is 18.0 Å². The highest BCUT2D eigenvalue weighted by Gasteiger charge is 2.17. The predicted molar refractivity (Wildman–Crippen MR) is 73.8 cm³/mol. The maximum absolute atomic E-state index is 11.9. The Morgan fingerprint density at radius 3 is 2.85 bits per heavy atom. The van der Waals surface area contributed by atoms with Crippen molar-refractivity contribution in [1.29, 1.82) is 0 Å². The van der Waals surface area contributed by atoms with E-state index in [4.69, 9.17) is 9.47 Å². The molecule has 1 aromatic rings. The van der Waals surface area contributed by atoms with Crippen LogP contribution in [0.15, 0.2) is 18.2 Å². The molecule has 1 N–H and O–H groups in total. The molecule has 0 atom stereocenters. The van der Waals surface area contributed by atoms with Crippen molar-refractivity contribution in [2.24, 2.45) is 0 Å². The summed E-state index contributed by atoms with van der Waals surface area (Å²) in [5.74, 6) is 0.571. The highest BCUT2D eigenvalue weighted by molar-refractivity contribution is 5.78. The lowest BCUT2D eigenvalue weighted by Gasteiger charge is -2.26. The quantitative estimate of drug-likeness (QED) is 0.809. The van der Waals surface area contributed by atoms with Gasteiger partial charge in [0.25, 0.3) is 5.91 Å². The molecule has 0 spiro atoms. The molecule has 0 aliphatic carbocycles. The van der Waals surface area contributed by atoms with Gasteiger partial charge in [0.1, 0.15) is 5.75 Å². The maximum atomic E-state index is 11.9. The first-order valence-corrected chi connectivity index (χ1v) is 6.50. The lowest BCUT2D eigenvalue weighted by molar-refractivity contribution is -0.137. The Morgan fingerprint density at radius 1 is 1.45 bits per heavy atom. The lowest BCUT2D eigenvalue weighted by Crippen LogP contribution is -2.42. The van der Waals surface area contributed by atoms with E-state index in [2.05, 4.69) is 5.32 Å². The van der Waals surface area contributed by atoms with Crippen molar-refractivity contribution in [2.45, 2.75) is 6.92 Å². The van der Waals surface area contributed by atoms with Gasteiger partial charge in [-0.25, -0.2) is 0 Å². The third-order valence-electron chi connectivity index (χ3n) is 3.14. The summed E-state index contributed by atoms with van der Waals surface area (Å²) in [6.07, 6.45) is 0.630. The Hall–Kier alpha value is -2.08. The molecule has 0 unspecified atom stereocenters. The fourth-order valence-electron chi connectivity index (χ4n) is 2.00. The largest absolute Gasteiger partial charge is 0.484 e. The van der Waals surface area contributed by atoms with Crippen molar-refractivity contribution in [2.75, 3.05) is 38.2 Å². The van der Waals surface area contributed by atoms with Crippen LogP contribution in [0.25, 0.3) is 0 Å². The zero-order valence-electron chi connectivity index (χ0n) is 11.4. The number of hydrogen-bond acceptors (Lipinski definition) is 4. The topological polar surface area (TPSA) is 67.9 Å². The smallest absolute Gasteiger partial charge is 0.260 e. The third kappa shape index (κ3) is 3.71. The zero-order valence-corrected chi connectivity index (χ0v) is 11.4. The van der Waals surface area contributed by atoms with Crippen LogP contribution in [0.3, 0.4) is 0 Å². The van der Waals surface area contributed by atoms with Crippen LogP contribution in [0.4, 0.5) is 5.69 Å². The zero-order chi connectivity index (χ0) is 14.4. The van der Waals surface area contributed by atoms with Crippen molar-refractivity contribution in [3.05, 3.63) is 23.8 Å². The van der Waals surface area contributed by atoms with Gasteiger partial charge < -0.3 is 19.7 Å². The summed E-state index contributed by atoms with van der Waals surface area (Å²) in [4.78, 5) is 24.0. The Labute approximate surface area is 117 Å². The molecule has 0 radical (unpaired) electrons. The second-order valence-corrected chi connectivity index (χ2v) is 4.52. The fourth-order valence-corrected chi connectivity index (χ4v) is 2.00. The molecule has 1 heterocycles. The number of carbonyl (C=O) groups excluding carboxylic acids is 2. The second kappa shape index (κ2) is 6.91. The first kappa shape index (κ1) is 14.3. The molecule has 20 heavy (non-hydrogen) atoms. The monoisotopic (exact) mass is 278 g/mol. The summed E-state index contributed by atoms with van der Waals surface area (Å²) in [5, 5.41) is 2.59. The number of nitrogens with zero attached hydrogens (tertiary/aromatic N) is 1. The Bertz CT molecular complexity index is 484. The molecule has 0 bridgehead atoms. The SMILES string of the molecule is Cc1cc(OCC(=O)N2CCOCC2)ccc1NC=O. The van der Waals surface area contributed by atoms with Crippen LogP contribution in [0, 0.1) is 6.92 Å². The summed E-state index contributed by atoms with van der Waals surface area (Å²) in [7, 11) is 0. The third-order valence-corrected chi connectivity index (χ3v) is 3.14. The maximum Gasteiger partial charge on any atom is 0.260 e. The van der Waals surface area contributed by atoms with Crippen LogP contribution >= 0.6 is 0 Å². The van der Waals surface area contributed by atoms with Gasteiger partial charge in [-0.2, -0.15) is 0 Å². The van der Waals surface area contributed by atoms with Gasteiger partial charge in [0.15, 0.2) is 6.61 Å². The van der Waals surface area contributed by atoms with Crippen LogP contribution in [-0.2, 0) is 14.3 Å². The van der Waals surface area contributed by atoms with Crippen molar-refractivity contribution in [3.8, 4) is 5.75 Å². The van der Waals surface area contributed by atoms with E-state index in [9.17, 15) is 9.59 Å². The number of rotatable bonds is 5. The van der Waals surface area contributed by atoms with E-state index in [1.165, 1.54) is 0 Å². The number of nitrogens with one attached hydrogen (secondary N) is 1. The number of carbonyl (C=O) groups is 2. The van der Waals surface area contributed by atoms with Crippen molar-refractivity contribution in [1.82, 2.24) is 4.90 Å². The predicted octanol–water partition coefficient (Wildman–Crippen LogP) is 0.801. The highest BCUT2D eigenvalue weighted by Crippen LogP contribution is 2.20. The van der Waals surface area contributed by atoms with E-state index in [0.717, 1.165) is 11.3 Å². The number of morpholine rings is 1. The van der Waals surface area contributed by atoms with Gasteiger partial charge in [0.05, 0.1) is 13.2 Å². The number of anilines is 1. The van der Waals surface area contributed by atoms with Gasteiger partial charge in [-0.05, 0) is 30.7 Å². The lowest BCUT2D eigenvalue weighted by atomic mass is 10.2. The first-order chi connectivity index (χ1) is 9.70. The summed E-state index contributed by atoms with van der Waals surface area (Å²) in [6, 6.07) is 5.27. The molecule has 6 nitrogen and oxygen atoms in total. The minimum atomic E-state index is -0.0407. The van der Waals surface area contributed by atoms with Crippen LogP contribution in [-0.4, -0.2) is 50.1 Å². The van der Waals surface area contributed by atoms with Gasteiger partial charge in [-0.15, -0.1) is 0 Å². The van der Waals surface area contributed by atoms with Crippen LogP contribution < -0.4 is 10.1 Å². The van der Waals surface area contributed by atoms with Gasteiger partial charge in [-0.3, -0.25) is 9.59 Å². The van der Waals surface area contributed by atoms with Gasteiger partial charge >= 0.3 is 0 Å². The van der Waals surface area contributed by atoms with Crippen LogP contribution in [0.5, 0.6) is 5.75 Å². The number of ether oxygens (including phenoxy) is 2. The summed E-state index contributed by atoms with van der Waals surface area (Å²) < 4.78 is 10.7. The fraction of sp³-hybridized carbons (Fsp3) is 0.429. The molecule has 1 aliphatic heterocycles. The summed E-state index contributed by atoms with van der Waals surface area (Å²) in [5.41, 5.74) is 1.61. The minimum absolute atomic E-state index is 0.0138. The molecule has 1 aliphatic rings. The number of hydrogen-bond donors (Lipinski definition) is 1. The second-order valence-electron chi connectivity index (χ2n) is 4.52. The van der Waals surface area contributed by atoms with E-state index < -0.39 is 0 Å². The number of aryl methyl sites for hydroxylation is 1. The van der Waals surface area contributed by atoms with Gasteiger partial charge in [0.2, 0.25) is 6.41 Å². The summed E-state index contributed by atoms with van der Waals surface area (Å²) >= 11 is 0. The van der Waals surface area contributed by atoms with E-state index >= 15 is 0 Å². The molecule has 1 aromatic carbocycles. The van der Waals surface area contributed by atoms with E-state index in [1.807, 2.05) is 6.92 Å². The van der Waals surface area contributed by atoms with Gasteiger partial charge in [-0.1, -0.05) is 0 Å². The molecule has 6 heteroatoms. The molecule has 2 amide bonds. The average Bonchev–Trinajstić information content (AvgIpc) is 2.48. The van der Waals surface area contributed by atoms with E-state index in [-0.39, 0.29) is 12.5 Å². The van der Waals surface area contributed by atoms with E-state index in [1.54, 1.807) is 23.1 Å². The first-order valence-electron chi connectivity index (χ1n) is 6.50. The Kier molecular flexibility index (Phi) is 4.95. The normalized spacial score (nSPS) is 14.8. The molecular formula is C14H18N2O4. The Morgan fingerprint density at radius 2 is 2.20 bits per heavy atom. The minimum Gasteiger partial charge on any atom is -0.484 e. The highest BCUT2D eigenvalue weighted by atomic mass is 16.5. The molecule has 2 rings (SSSR count). The van der Waals surface area contributed by atoms with Crippen molar-refractivity contribution in [3.63, 3.8) is 0 Å². The number of amides is 2. The van der Waals surface area contributed by atoms with Crippen LogP contribution in [0.1, 0.15) is 5.56 Å². The molecule has 1 saturated heterocycles. The van der Waals surface area contributed by atoms with Crippen LogP contribution in [0.2, 0.25) is 0 Å².